The molecule has 0 saturated carbocycles. The highest BCUT2D eigenvalue weighted by Crippen LogP contribution is 2.27. The number of rotatable bonds is 5. The van der Waals surface area contributed by atoms with E-state index in [4.69, 9.17) is 20.5 Å². The van der Waals surface area contributed by atoms with Crippen LogP contribution in [-0.2, 0) is 0 Å². The van der Waals surface area contributed by atoms with Crippen LogP contribution >= 0.6 is 0 Å². The number of ether oxygens (including phenoxy) is 2. The molecule has 108 valence electrons. The van der Waals surface area contributed by atoms with Crippen LogP contribution in [0.1, 0.15) is 17.2 Å². The highest BCUT2D eigenvalue weighted by Gasteiger charge is 2.13. The minimum atomic E-state index is -0.501. The van der Waals surface area contributed by atoms with Crippen molar-refractivity contribution in [1.82, 2.24) is 0 Å². The van der Waals surface area contributed by atoms with E-state index < -0.39 is 6.10 Å². The predicted molar refractivity (Wildman–Crippen MR) is 76.5 cm³/mol. The van der Waals surface area contributed by atoms with Crippen LogP contribution in [0, 0.1) is 17.1 Å². The molecular weight excluding hydrogens is 271 g/mol. The summed E-state index contributed by atoms with van der Waals surface area (Å²) >= 11 is 0. The molecule has 0 radical (unpaired) electrons. The lowest BCUT2D eigenvalue weighted by atomic mass is 10.1. The van der Waals surface area contributed by atoms with Crippen molar-refractivity contribution in [2.24, 2.45) is 5.73 Å². The van der Waals surface area contributed by atoms with Crippen molar-refractivity contribution in [3.8, 4) is 17.6 Å². The van der Waals surface area contributed by atoms with Gasteiger partial charge in [0.15, 0.2) is 0 Å². The molecule has 0 amide bonds. The number of halogens is 1. The summed E-state index contributed by atoms with van der Waals surface area (Å²) in [6.07, 6.45) is -0.501. The van der Waals surface area contributed by atoms with Gasteiger partial charge in [0.25, 0.3) is 0 Å². The standard InChI is InChI=1S/C16H15FN2O2/c1-20-14-5-11(9-18)6-15(8-14)21-16(10-19)12-3-2-4-13(17)7-12/h2-8,16H,10,19H2,1H3. The summed E-state index contributed by atoms with van der Waals surface area (Å²) in [4.78, 5) is 0. The van der Waals surface area contributed by atoms with Gasteiger partial charge in [-0.25, -0.2) is 4.39 Å². The van der Waals surface area contributed by atoms with Crippen LogP contribution in [0.2, 0.25) is 0 Å². The van der Waals surface area contributed by atoms with Crippen molar-refractivity contribution >= 4 is 0 Å². The molecule has 4 nitrogen and oxygen atoms in total. The summed E-state index contributed by atoms with van der Waals surface area (Å²) in [5.41, 5.74) is 6.75. The Hall–Kier alpha value is -2.58. The minimum absolute atomic E-state index is 0.183. The number of benzene rings is 2. The molecule has 2 N–H and O–H groups in total. The number of hydrogen-bond acceptors (Lipinski definition) is 4. The molecule has 0 aliphatic heterocycles. The summed E-state index contributed by atoms with van der Waals surface area (Å²) in [5.74, 6) is 0.614. The first-order valence-electron chi connectivity index (χ1n) is 6.37. The Morgan fingerprint density at radius 3 is 2.62 bits per heavy atom. The second kappa shape index (κ2) is 6.73. The van der Waals surface area contributed by atoms with Gasteiger partial charge in [-0.2, -0.15) is 5.26 Å². The zero-order chi connectivity index (χ0) is 15.2. The SMILES string of the molecule is COc1cc(C#N)cc(OC(CN)c2cccc(F)c2)c1. The molecule has 0 saturated heterocycles. The highest BCUT2D eigenvalue weighted by atomic mass is 19.1. The molecule has 21 heavy (non-hydrogen) atoms. The fourth-order valence-electron chi connectivity index (χ4n) is 1.95. The maximum atomic E-state index is 13.3. The minimum Gasteiger partial charge on any atom is -0.497 e. The number of nitrogens with zero attached hydrogens (tertiary/aromatic N) is 1. The van der Waals surface area contributed by atoms with Crippen LogP contribution in [-0.4, -0.2) is 13.7 Å². The van der Waals surface area contributed by atoms with E-state index in [1.165, 1.54) is 19.2 Å². The fourth-order valence-corrected chi connectivity index (χ4v) is 1.95. The maximum Gasteiger partial charge on any atom is 0.136 e. The lowest BCUT2D eigenvalue weighted by Gasteiger charge is -2.18. The van der Waals surface area contributed by atoms with Gasteiger partial charge < -0.3 is 15.2 Å². The first kappa shape index (κ1) is 14.8. The van der Waals surface area contributed by atoms with Gasteiger partial charge in [0.05, 0.1) is 18.7 Å². The van der Waals surface area contributed by atoms with E-state index in [1.807, 2.05) is 6.07 Å². The van der Waals surface area contributed by atoms with E-state index >= 15 is 0 Å². The van der Waals surface area contributed by atoms with Gasteiger partial charge in [0.2, 0.25) is 0 Å². The van der Waals surface area contributed by atoms with Gasteiger partial charge in [-0.3, -0.25) is 0 Å². The van der Waals surface area contributed by atoms with Gasteiger partial charge in [-0.15, -0.1) is 0 Å². The maximum absolute atomic E-state index is 13.3. The quantitative estimate of drug-likeness (QED) is 0.917. The van der Waals surface area contributed by atoms with Gasteiger partial charge in [-0.05, 0) is 29.8 Å². The second-order valence-corrected chi connectivity index (χ2v) is 4.41. The Labute approximate surface area is 122 Å². The van der Waals surface area contributed by atoms with Gasteiger partial charge in [0.1, 0.15) is 23.4 Å². The second-order valence-electron chi connectivity index (χ2n) is 4.41. The van der Waals surface area contributed by atoms with Crippen molar-refractivity contribution in [2.45, 2.75) is 6.10 Å². The molecule has 2 rings (SSSR count). The molecule has 0 spiro atoms. The first-order valence-corrected chi connectivity index (χ1v) is 6.37. The molecule has 1 unspecified atom stereocenters. The summed E-state index contributed by atoms with van der Waals surface area (Å²) in [5, 5.41) is 8.99. The summed E-state index contributed by atoms with van der Waals surface area (Å²) in [6.45, 7) is 0.183. The van der Waals surface area contributed by atoms with E-state index in [1.54, 1.807) is 30.3 Å². The summed E-state index contributed by atoms with van der Waals surface area (Å²) < 4.78 is 24.2. The molecule has 2 aromatic carbocycles. The molecule has 0 aromatic heterocycles. The molecule has 0 fully saturated rings. The highest BCUT2D eigenvalue weighted by molar-refractivity contribution is 5.44. The summed E-state index contributed by atoms with van der Waals surface area (Å²) in [6, 6.07) is 13.0. The number of methoxy groups -OCH3 is 1. The first-order chi connectivity index (χ1) is 10.2. The lowest BCUT2D eigenvalue weighted by Crippen LogP contribution is -2.18. The Kier molecular flexibility index (Phi) is 4.75. The lowest BCUT2D eigenvalue weighted by molar-refractivity contribution is 0.213. The van der Waals surface area contributed by atoms with Crippen molar-refractivity contribution in [3.05, 3.63) is 59.4 Å². The topological polar surface area (TPSA) is 68.3 Å². The molecule has 1 atom stereocenters. The number of nitriles is 1. The summed E-state index contributed by atoms with van der Waals surface area (Å²) in [7, 11) is 1.51. The average Bonchev–Trinajstić information content (AvgIpc) is 2.52. The van der Waals surface area contributed by atoms with Crippen LogP contribution in [0.5, 0.6) is 11.5 Å². The van der Waals surface area contributed by atoms with Crippen molar-refractivity contribution in [1.29, 1.82) is 5.26 Å². The Morgan fingerprint density at radius 2 is 2.00 bits per heavy atom. The van der Waals surface area contributed by atoms with E-state index in [0.717, 1.165) is 0 Å². The van der Waals surface area contributed by atoms with Crippen molar-refractivity contribution in [3.63, 3.8) is 0 Å². The zero-order valence-electron chi connectivity index (χ0n) is 11.5. The molecule has 5 heteroatoms. The number of hydrogen-bond donors (Lipinski definition) is 1. The van der Waals surface area contributed by atoms with Crippen LogP contribution in [0.4, 0.5) is 4.39 Å². The zero-order valence-corrected chi connectivity index (χ0v) is 11.5. The van der Waals surface area contributed by atoms with Crippen LogP contribution in [0.25, 0.3) is 0 Å². The molecular formula is C16H15FN2O2. The van der Waals surface area contributed by atoms with Gasteiger partial charge in [-0.1, -0.05) is 12.1 Å². The molecule has 2 aromatic rings. The third kappa shape index (κ3) is 3.71. The largest absolute Gasteiger partial charge is 0.497 e. The Morgan fingerprint density at radius 1 is 1.24 bits per heavy atom. The van der Waals surface area contributed by atoms with Crippen LogP contribution < -0.4 is 15.2 Å². The predicted octanol–water partition coefficient (Wildman–Crippen LogP) is 2.78. The fraction of sp³-hybridized carbons (Fsp3) is 0.188. The number of nitrogens with two attached hydrogens (primary N) is 1. The third-order valence-corrected chi connectivity index (χ3v) is 2.96. The molecule has 0 aliphatic carbocycles. The van der Waals surface area contributed by atoms with Crippen molar-refractivity contribution in [2.75, 3.05) is 13.7 Å². The Bertz CT molecular complexity index is 668. The third-order valence-electron chi connectivity index (χ3n) is 2.96. The van der Waals surface area contributed by atoms with E-state index in [-0.39, 0.29) is 12.4 Å². The van der Waals surface area contributed by atoms with Crippen LogP contribution in [0.3, 0.4) is 0 Å². The monoisotopic (exact) mass is 286 g/mol. The van der Waals surface area contributed by atoms with Crippen molar-refractivity contribution < 1.29 is 13.9 Å². The van der Waals surface area contributed by atoms with Gasteiger partial charge in [0, 0.05) is 12.6 Å². The molecule has 0 bridgehead atoms. The molecule has 0 aliphatic rings. The van der Waals surface area contributed by atoms with E-state index in [2.05, 4.69) is 0 Å². The van der Waals surface area contributed by atoms with Crippen LogP contribution in [0.15, 0.2) is 42.5 Å². The van der Waals surface area contributed by atoms with Gasteiger partial charge >= 0.3 is 0 Å². The Balaban J connectivity index is 2.28. The molecule has 0 heterocycles. The smallest absolute Gasteiger partial charge is 0.136 e. The van der Waals surface area contributed by atoms with E-state index in [0.29, 0.717) is 22.6 Å². The average molecular weight is 286 g/mol. The normalized spacial score (nSPS) is 11.5. The van der Waals surface area contributed by atoms with E-state index in [9.17, 15) is 4.39 Å².